The predicted octanol–water partition coefficient (Wildman–Crippen LogP) is 1.21. The molecule has 1 atom stereocenters. The zero-order chi connectivity index (χ0) is 16.1. The number of nitrogens with one attached hydrogen (secondary N) is 2. The van der Waals surface area contributed by atoms with Crippen LogP contribution in [0.2, 0.25) is 0 Å². The lowest BCUT2D eigenvalue weighted by atomic mass is 10.0. The first-order chi connectivity index (χ1) is 10.5. The SMILES string of the molecule is Cc1cc(NC(=O)NC[C@@H](C(C)C)N2CCOCC2)n(C)n1. The van der Waals surface area contributed by atoms with Crippen molar-refractivity contribution in [3.05, 3.63) is 11.8 Å². The number of amides is 2. The summed E-state index contributed by atoms with van der Waals surface area (Å²) in [6.45, 7) is 10.3. The van der Waals surface area contributed by atoms with Gasteiger partial charge < -0.3 is 10.1 Å². The number of anilines is 1. The number of aromatic nitrogens is 2. The molecule has 1 aliphatic rings. The summed E-state index contributed by atoms with van der Waals surface area (Å²) >= 11 is 0. The summed E-state index contributed by atoms with van der Waals surface area (Å²) in [7, 11) is 1.81. The van der Waals surface area contributed by atoms with E-state index < -0.39 is 0 Å². The summed E-state index contributed by atoms with van der Waals surface area (Å²) in [4.78, 5) is 14.5. The number of ether oxygens (including phenoxy) is 1. The fraction of sp³-hybridized carbons (Fsp3) is 0.733. The lowest BCUT2D eigenvalue weighted by molar-refractivity contribution is 0.00728. The first kappa shape index (κ1) is 16.8. The van der Waals surface area contributed by atoms with E-state index in [-0.39, 0.29) is 6.03 Å². The van der Waals surface area contributed by atoms with Crippen LogP contribution in [0.1, 0.15) is 19.5 Å². The normalized spacial score (nSPS) is 17.5. The number of hydrogen-bond donors (Lipinski definition) is 2. The van der Waals surface area contributed by atoms with Crippen molar-refractivity contribution in [2.45, 2.75) is 26.8 Å². The molecule has 2 N–H and O–H groups in total. The topological polar surface area (TPSA) is 71.4 Å². The van der Waals surface area contributed by atoms with Gasteiger partial charge in [-0.15, -0.1) is 0 Å². The molecule has 2 rings (SSSR count). The van der Waals surface area contributed by atoms with E-state index in [4.69, 9.17) is 4.74 Å². The van der Waals surface area contributed by atoms with Gasteiger partial charge in [0.1, 0.15) is 5.82 Å². The first-order valence-electron chi connectivity index (χ1n) is 7.84. The van der Waals surface area contributed by atoms with E-state index in [1.807, 2.05) is 20.0 Å². The quantitative estimate of drug-likeness (QED) is 0.857. The molecular formula is C15H27N5O2. The van der Waals surface area contributed by atoms with Crippen LogP contribution in [-0.2, 0) is 11.8 Å². The number of hydrogen-bond acceptors (Lipinski definition) is 4. The average Bonchev–Trinajstić information content (AvgIpc) is 2.77. The summed E-state index contributed by atoms with van der Waals surface area (Å²) in [6, 6.07) is 1.98. The Kier molecular flexibility index (Phi) is 5.79. The van der Waals surface area contributed by atoms with Crippen molar-refractivity contribution in [1.82, 2.24) is 20.0 Å². The Morgan fingerprint density at radius 2 is 2.09 bits per heavy atom. The zero-order valence-electron chi connectivity index (χ0n) is 13.9. The van der Waals surface area contributed by atoms with Gasteiger partial charge in [-0.2, -0.15) is 5.10 Å². The molecule has 22 heavy (non-hydrogen) atoms. The first-order valence-corrected chi connectivity index (χ1v) is 7.84. The van der Waals surface area contributed by atoms with Gasteiger partial charge in [0.2, 0.25) is 0 Å². The molecule has 7 nitrogen and oxygen atoms in total. The van der Waals surface area contributed by atoms with Crippen molar-refractivity contribution < 1.29 is 9.53 Å². The van der Waals surface area contributed by atoms with Crippen LogP contribution in [0.25, 0.3) is 0 Å². The van der Waals surface area contributed by atoms with Crippen LogP contribution >= 0.6 is 0 Å². The van der Waals surface area contributed by atoms with Crippen LogP contribution in [-0.4, -0.2) is 59.6 Å². The number of nitrogens with zero attached hydrogens (tertiary/aromatic N) is 3. The van der Waals surface area contributed by atoms with E-state index in [0.717, 1.165) is 32.0 Å². The van der Waals surface area contributed by atoms with E-state index >= 15 is 0 Å². The van der Waals surface area contributed by atoms with Crippen LogP contribution < -0.4 is 10.6 Å². The number of aryl methyl sites for hydroxylation is 2. The van der Waals surface area contributed by atoms with Gasteiger partial charge in [-0.3, -0.25) is 14.9 Å². The third kappa shape index (κ3) is 4.45. The van der Waals surface area contributed by atoms with Gasteiger partial charge >= 0.3 is 6.03 Å². The second-order valence-electron chi connectivity index (χ2n) is 6.09. The van der Waals surface area contributed by atoms with Crippen molar-refractivity contribution in [3.63, 3.8) is 0 Å². The van der Waals surface area contributed by atoms with Gasteiger partial charge in [-0.25, -0.2) is 4.79 Å². The predicted molar refractivity (Wildman–Crippen MR) is 86.0 cm³/mol. The van der Waals surface area contributed by atoms with Crippen LogP contribution in [0.15, 0.2) is 6.07 Å². The molecule has 2 amide bonds. The standard InChI is InChI=1S/C15H27N5O2/c1-11(2)13(20-5-7-22-8-6-20)10-16-15(21)17-14-9-12(3)18-19(14)4/h9,11,13H,5-8,10H2,1-4H3,(H2,16,17,21)/t13-/m0/s1. The zero-order valence-corrected chi connectivity index (χ0v) is 13.9. The molecular weight excluding hydrogens is 282 g/mol. The van der Waals surface area contributed by atoms with Gasteiger partial charge in [0.25, 0.3) is 0 Å². The molecule has 1 aromatic rings. The Morgan fingerprint density at radius 1 is 1.41 bits per heavy atom. The molecule has 0 unspecified atom stereocenters. The monoisotopic (exact) mass is 309 g/mol. The van der Waals surface area contributed by atoms with Gasteiger partial charge in [0, 0.05) is 38.8 Å². The molecule has 0 radical (unpaired) electrons. The average molecular weight is 309 g/mol. The minimum absolute atomic E-state index is 0.193. The summed E-state index contributed by atoms with van der Waals surface area (Å²) in [5.41, 5.74) is 0.881. The number of rotatable bonds is 5. The highest BCUT2D eigenvalue weighted by Crippen LogP contribution is 2.12. The summed E-state index contributed by atoms with van der Waals surface area (Å²) in [5, 5.41) is 10.0. The van der Waals surface area contributed by atoms with Crippen molar-refractivity contribution in [1.29, 1.82) is 0 Å². The molecule has 0 spiro atoms. The highest BCUT2D eigenvalue weighted by Gasteiger charge is 2.24. The molecule has 2 heterocycles. The van der Waals surface area contributed by atoms with Crippen LogP contribution in [0.5, 0.6) is 0 Å². The van der Waals surface area contributed by atoms with E-state index in [1.165, 1.54) is 0 Å². The lowest BCUT2D eigenvalue weighted by Crippen LogP contribution is -2.51. The lowest BCUT2D eigenvalue weighted by Gasteiger charge is -2.36. The maximum atomic E-state index is 12.1. The second-order valence-corrected chi connectivity index (χ2v) is 6.09. The minimum Gasteiger partial charge on any atom is -0.379 e. The molecule has 124 valence electrons. The van der Waals surface area contributed by atoms with Crippen LogP contribution in [0, 0.1) is 12.8 Å². The molecule has 0 aromatic carbocycles. The Hall–Kier alpha value is -1.60. The molecule has 7 heteroatoms. The van der Waals surface area contributed by atoms with Gasteiger partial charge in [0.05, 0.1) is 18.9 Å². The second kappa shape index (κ2) is 7.60. The smallest absolute Gasteiger partial charge is 0.320 e. The van der Waals surface area contributed by atoms with Gasteiger partial charge in [0.15, 0.2) is 0 Å². The maximum absolute atomic E-state index is 12.1. The molecule has 0 aliphatic carbocycles. The van der Waals surface area contributed by atoms with Crippen molar-refractivity contribution in [2.75, 3.05) is 38.2 Å². The number of urea groups is 1. The highest BCUT2D eigenvalue weighted by molar-refractivity contribution is 5.88. The number of carbonyl (C=O) groups is 1. The fourth-order valence-corrected chi connectivity index (χ4v) is 2.78. The molecule has 1 aliphatic heterocycles. The number of morpholine rings is 1. The van der Waals surface area contributed by atoms with Crippen molar-refractivity contribution in [2.24, 2.45) is 13.0 Å². The molecule has 0 saturated carbocycles. The Morgan fingerprint density at radius 3 is 2.64 bits per heavy atom. The minimum atomic E-state index is -0.193. The fourth-order valence-electron chi connectivity index (χ4n) is 2.78. The third-order valence-corrected chi connectivity index (χ3v) is 4.00. The summed E-state index contributed by atoms with van der Waals surface area (Å²) in [6.07, 6.45) is 0. The molecule has 1 aromatic heterocycles. The highest BCUT2D eigenvalue weighted by atomic mass is 16.5. The Balaban J connectivity index is 1.86. The van der Waals surface area contributed by atoms with Crippen LogP contribution in [0.3, 0.4) is 0 Å². The van der Waals surface area contributed by atoms with E-state index in [9.17, 15) is 4.79 Å². The van der Waals surface area contributed by atoms with E-state index in [2.05, 4.69) is 34.5 Å². The number of carbonyl (C=O) groups excluding carboxylic acids is 1. The van der Waals surface area contributed by atoms with Gasteiger partial charge in [-0.1, -0.05) is 13.8 Å². The van der Waals surface area contributed by atoms with Crippen molar-refractivity contribution >= 4 is 11.8 Å². The van der Waals surface area contributed by atoms with E-state index in [0.29, 0.717) is 24.3 Å². The third-order valence-electron chi connectivity index (χ3n) is 4.00. The molecule has 1 saturated heterocycles. The Labute approximate surface area is 132 Å². The maximum Gasteiger partial charge on any atom is 0.320 e. The molecule has 1 fully saturated rings. The van der Waals surface area contributed by atoms with Gasteiger partial charge in [-0.05, 0) is 12.8 Å². The van der Waals surface area contributed by atoms with Crippen molar-refractivity contribution in [3.8, 4) is 0 Å². The largest absolute Gasteiger partial charge is 0.379 e. The summed E-state index contributed by atoms with van der Waals surface area (Å²) in [5.74, 6) is 1.17. The summed E-state index contributed by atoms with van der Waals surface area (Å²) < 4.78 is 7.06. The molecule has 0 bridgehead atoms. The Bertz CT molecular complexity index is 494. The van der Waals surface area contributed by atoms with E-state index in [1.54, 1.807) is 4.68 Å². The van der Waals surface area contributed by atoms with Crippen LogP contribution in [0.4, 0.5) is 10.6 Å².